The fourth-order valence-corrected chi connectivity index (χ4v) is 2.12. The minimum Gasteiger partial charge on any atom is -0.384 e. The van der Waals surface area contributed by atoms with E-state index >= 15 is 0 Å². The molecule has 2 heterocycles. The second-order valence-corrected chi connectivity index (χ2v) is 5.38. The molecule has 1 aliphatic heterocycles. The Labute approximate surface area is 122 Å². The minimum atomic E-state index is -0.702. The number of nitrogens with zero attached hydrogens (tertiary/aromatic N) is 2. The summed E-state index contributed by atoms with van der Waals surface area (Å²) < 4.78 is 0. The van der Waals surface area contributed by atoms with Crippen LogP contribution >= 0.6 is 0 Å². The van der Waals surface area contributed by atoms with E-state index in [1.54, 1.807) is 13.0 Å². The number of carbonyl (C=O) groups excluding carboxylic acids is 3. The summed E-state index contributed by atoms with van der Waals surface area (Å²) >= 11 is 0. The Morgan fingerprint density at radius 1 is 1.43 bits per heavy atom. The number of carbonyl (C=O) groups is 3. The lowest BCUT2D eigenvalue weighted by Crippen LogP contribution is -2.58. The first-order valence-electron chi connectivity index (χ1n) is 6.71. The number of rotatable bonds is 2. The topological polar surface area (TPSA) is 105 Å². The second kappa shape index (κ2) is 5.51. The summed E-state index contributed by atoms with van der Waals surface area (Å²) in [5.74, 6) is -1.02. The lowest BCUT2D eigenvalue weighted by Gasteiger charge is -2.31. The third-order valence-corrected chi connectivity index (χ3v) is 3.39. The smallest absolute Gasteiger partial charge is 0.255 e. The van der Waals surface area contributed by atoms with E-state index in [4.69, 9.17) is 5.73 Å². The van der Waals surface area contributed by atoms with E-state index in [9.17, 15) is 14.4 Å². The van der Waals surface area contributed by atoms with Crippen LogP contribution in [-0.2, 0) is 9.59 Å². The van der Waals surface area contributed by atoms with E-state index in [0.29, 0.717) is 11.3 Å². The molecule has 0 aromatic carbocycles. The lowest BCUT2D eigenvalue weighted by atomic mass is 10.1. The van der Waals surface area contributed by atoms with Gasteiger partial charge in [-0.1, -0.05) is 13.8 Å². The van der Waals surface area contributed by atoms with Crippen LogP contribution in [-0.4, -0.2) is 40.2 Å². The van der Waals surface area contributed by atoms with Crippen molar-refractivity contribution in [2.24, 2.45) is 0 Å². The first-order chi connectivity index (χ1) is 9.79. The van der Waals surface area contributed by atoms with Crippen molar-refractivity contribution in [2.45, 2.75) is 32.7 Å². The van der Waals surface area contributed by atoms with Crippen molar-refractivity contribution in [3.8, 4) is 0 Å². The van der Waals surface area contributed by atoms with E-state index in [0.717, 1.165) is 0 Å². The SMILES string of the molecule is CC(C)c1cc(C(=O)N2CC(=O)NC(=O)C2C)cc(N)n1. The second-order valence-electron chi connectivity index (χ2n) is 5.38. The summed E-state index contributed by atoms with van der Waals surface area (Å²) in [4.78, 5) is 41.0. The van der Waals surface area contributed by atoms with E-state index in [1.807, 2.05) is 13.8 Å². The van der Waals surface area contributed by atoms with Gasteiger partial charge in [-0.3, -0.25) is 19.7 Å². The van der Waals surface area contributed by atoms with Gasteiger partial charge in [0.1, 0.15) is 18.4 Å². The van der Waals surface area contributed by atoms with Crippen LogP contribution in [0.3, 0.4) is 0 Å². The van der Waals surface area contributed by atoms with Crippen molar-refractivity contribution in [2.75, 3.05) is 12.3 Å². The first kappa shape index (κ1) is 15.0. The zero-order valence-corrected chi connectivity index (χ0v) is 12.2. The summed E-state index contributed by atoms with van der Waals surface area (Å²) in [5, 5.41) is 2.20. The van der Waals surface area contributed by atoms with E-state index in [1.165, 1.54) is 11.0 Å². The van der Waals surface area contributed by atoms with E-state index in [2.05, 4.69) is 10.3 Å². The third kappa shape index (κ3) is 3.01. The predicted molar refractivity (Wildman–Crippen MR) is 76.4 cm³/mol. The number of hydrogen-bond acceptors (Lipinski definition) is 5. The van der Waals surface area contributed by atoms with Crippen LogP contribution in [0.25, 0.3) is 0 Å². The molecule has 7 nitrogen and oxygen atoms in total. The number of anilines is 1. The van der Waals surface area contributed by atoms with Gasteiger partial charge in [0.15, 0.2) is 0 Å². The van der Waals surface area contributed by atoms with Gasteiger partial charge >= 0.3 is 0 Å². The number of piperazine rings is 1. The molecule has 0 aliphatic carbocycles. The highest BCUT2D eigenvalue weighted by Crippen LogP contribution is 2.19. The van der Waals surface area contributed by atoms with Crippen molar-refractivity contribution >= 4 is 23.5 Å². The summed E-state index contributed by atoms with van der Waals surface area (Å²) in [6.07, 6.45) is 0. The Kier molecular flexibility index (Phi) is 3.93. The summed E-state index contributed by atoms with van der Waals surface area (Å²) in [6.45, 7) is 5.31. The summed E-state index contributed by atoms with van der Waals surface area (Å²) in [7, 11) is 0. The van der Waals surface area contributed by atoms with Crippen LogP contribution in [0.2, 0.25) is 0 Å². The molecule has 1 aromatic rings. The molecule has 1 saturated heterocycles. The molecule has 1 aliphatic rings. The molecule has 21 heavy (non-hydrogen) atoms. The maximum Gasteiger partial charge on any atom is 0.255 e. The molecule has 0 saturated carbocycles. The van der Waals surface area contributed by atoms with Gasteiger partial charge in [0.2, 0.25) is 11.8 Å². The Balaban J connectivity index is 2.35. The Hall–Kier alpha value is -2.44. The van der Waals surface area contributed by atoms with Crippen molar-refractivity contribution < 1.29 is 14.4 Å². The van der Waals surface area contributed by atoms with E-state index in [-0.39, 0.29) is 18.3 Å². The van der Waals surface area contributed by atoms with E-state index < -0.39 is 23.8 Å². The molecule has 0 spiro atoms. The zero-order valence-electron chi connectivity index (χ0n) is 12.2. The molecule has 0 bridgehead atoms. The number of hydrogen-bond donors (Lipinski definition) is 2. The number of imide groups is 1. The van der Waals surface area contributed by atoms with Crippen LogP contribution in [0.4, 0.5) is 5.82 Å². The molecule has 1 atom stereocenters. The highest BCUT2D eigenvalue weighted by Gasteiger charge is 2.34. The monoisotopic (exact) mass is 290 g/mol. The highest BCUT2D eigenvalue weighted by atomic mass is 16.2. The third-order valence-electron chi connectivity index (χ3n) is 3.39. The van der Waals surface area contributed by atoms with Gasteiger partial charge in [0.05, 0.1) is 0 Å². The fourth-order valence-electron chi connectivity index (χ4n) is 2.12. The van der Waals surface area contributed by atoms with Gasteiger partial charge in [-0.25, -0.2) is 4.98 Å². The Morgan fingerprint density at radius 3 is 2.71 bits per heavy atom. The largest absolute Gasteiger partial charge is 0.384 e. The summed E-state index contributed by atoms with van der Waals surface area (Å²) in [5.41, 5.74) is 6.75. The van der Waals surface area contributed by atoms with Gasteiger partial charge in [-0.15, -0.1) is 0 Å². The Bertz CT molecular complexity index is 612. The molecule has 1 aromatic heterocycles. The maximum atomic E-state index is 12.5. The number of pyridine rings is 1. The normalized spacial score (nSPS) is 18.9. The molecule has 1 unspecified atom stereocenters. The van der Waals surface area contributed by atoms with Crippen molar-refractivity contribution in [1.82, 2.24) is 15.2 Å². The molecule has 2 rings (SSSR count). The average molecular weight is 290 g/mol. The van der Waals surface area contributed by atoms with Crippen LogP contribution < -0.4 is 11.1 Å². The van der Waals surface area contributed by atoms with Crippen molar-refractivity contribution in [1.29, 1.82) is 0 Å². The van der Waals surface area contributed by atoms with Crippen LogP contribution in [0.15, 0.2) is 12.1 Å². The average Bonchev–Trinajstić information content (AvgIpc) is 2.41. The molecule has 3 amide bonds. The minimum absolute atomic E-state index is 0.115. The first-order valence-corrected chi connectivity index (χ1v) is 6.71. The molecule has 3 N–H and O–H groups in total. The Morgan fingerprint density at radius 2 is 2.10 bits per heavy atom. The van der Waals surface area contributed by atoms with Gasteiger partial charge in [0.25, 0.3) is 5.91 Å². The van der Waals surface area contributed by atoms with Crippen LogP contribution in [0.5, 0.6) is 0 Å². The van der Waals surface area contributed by atoms with Gasteiger partial charge in [-0.05, 0) is 25.0 Å². The predicted octanol–water partition coefficient (Wildman–Crippen LogP) is 0.274. The number of aromatic nitrogens is 1. The van der Waals surface area contributed by atoms with Gasteiger partial charge in [0, 0.05) is 11.3 Å². The molecule has 7 heteroatoms. The molecular weight excluding hydrogens is 272 g/mol. The molecule has 0 radical (unpaired) electrons. The summed E-state index contributed by atoms with van der Waals surface area (Å²) in [6, 6.07) is 2.40. The lowest BCUT2D eigenvalue weighted by molar-refractivity contribution is -0.138. The number of amides is 3. The zero-order chi connectivity index (χ0) is 15.7. The fraction of sp³-hybridized carbons (Fsp3) is 0.429. The maximum absolute atomic E-state index is 12.5. The van der Waals surface area contributed by atoms with Crippen LogP contribution in [0, 0.1) is 0 Å². The van der Waals surface area contributed by atoms with Gasteiger partial charge < -0.3 is 10.6 Å². The molecular formula is C14H18N4O3. The number of nitrogens with two attached hydrogens (primary N) is 1. The van der Waals surface area contributed by atoms with Crippen molar-refractivity contribution in [3.05, 3.63) is 23.4 Å². The molecule has 1 fully saturated rings. The van der Waals surface area contributed by atoms with Crippen LogP contribution in [0.1, 0.15) is 42.7 Å². The quantitative estimate of drug-likeness (QED) is 0.761. The number of nitrogens with one attached hydrogen (secondary N) is 1. The standard InChI is InChI=1S/C14H18N4O3/c1-7(2)10-4-9(5-11(15)16-10)14(21)18-6-12(19)17-13(20)8(18)3/h4-5,7-8H,6H2,1-3H3,(H2,15,16)(H,17,19,20). The van der Waals surface area contributed by atoms with Crippen molar-refractivity contribution in [3.63, 3.8) is 0 Å². The van der Waals surface area contributed by atoms with Gasteiger partial charge in [-0.2, -0.15) is 0 Å². The molecule has 112 valence electrons. The highest BCUT2D eigenvalue weighted by molar-refractivity contribution is 6.07. The number of nitrogen functional groups attached to an aromatic ring is 1.